The Labute approximate surface area is 110 Å². The van der Waals surface area contributed by atoms with Crippen LogP contribution in [0.2, 0.25) is 0 Å². The van der Waals surface area contributed by atoms with Gasteiger partial charge in [0.15, 0.2) is 0 Å². The Balaban J connectivity index is 1.88. The molecule has 1 aliphatic carbocycles. The average Bonchev–Trinajstić information content (AvgIpc) is 3.19. The van der Waals surface area contributed by atoms with Crippen LogP contribution >= 0.6 is 0 Å². The van der Waals surface area contributed by atoms with E-state index in [0.717, 1.165) is 10.8 Å². The van der Waals surface area contributed by atoms with Crippen molar-refractivity contribution in [2.24, 2.45) is 5.73 Å². The molecule has 3 N–H and O–H groups in total. The Morgan fingerprint density at radius 2 is 1.74 bits per heavy atom. The summed E-state index contributed by atoms with van der Waals surface area (Å²) in [6, 6.07) is 13.3. The van der Waals surface area contributed by atoms with Crippen LogP contribution in [0.25, 0.3) is 10.8 Å². The van der Waals surface area contributed by atoms with Gasteiger partial charge in [-0.3, -0.25) is 9.59 Å². The number of amides is 2. The molecule has 0 heterocycles. The van der Waals surface area contributed by atoms with Gasteiger partial charge in [0.2, 0.25) is 5.91 Å². The van der Waals surface area contributed by atoms with Crippen LogP contribution in [0, 0.1) is 0 Å². The third-order valence-electron chi connectivity index (χ3n) is 3.59. The Morgan fingerprint density at radius 3 is 2.37 bits per heavy atom. The van der Waals surface area contributed by atoms with Crippen molar-refractivity contribution in [3.8, 4) is 0 Å². The van der Waals surface area contributed by atoms with E-state index in [0.29, 0.717) is 18.4 Å². The number of rotatable bonds is 3. The first-order valence-electron chi connectivity index (χ1n) is 6.22. The average molecular weight is 254 g/mol. The van der Waals surface area contributed by atoms with Crippen molar-refractivity contribution in [1.82, 2.24) is 5.32 Å². The van der Waals surface area contributed by atoms with Gasteiger partial charge in [0.05, 0.1) is 0 Å². The molecule has 0 unspecified atom stereocenters. The van der Waals surface area contributed by atoms with Crippen molar-refractivity contribution in [3.05, 3.63) is 48.0 Å². The van der Waals surface area contributed by atoms with Crippen molar-refractivity contribution >= 4 is 22.6 Å². The maximum atomic E-state index is 12.1. The molecule has 0 atom stereocenters. The van der Waals surface area contributed by atoms with E-state index in [2.05, 4.69) is 5.32 Å². The number of hydrogen-bond acceptors (Lipinski definition) is 2. The minimum absolute atomic E-state index is 0.248. The zero-order valence-electron chi connectivity index (χ0n) is 10.3. The Bertz CT molecular complexity index is 675. The highest BCUT2D eigenvalue weighted by atomic mass is 16.2. The van der Waals surface area contributed by atoms with Gasteiger partial charge < -0.3 is 11.1 Å². The van der Waals surface area contributed by atoms with Gasteiger partial charge in [0, 0.05) is 5.56 Å². The molecule has 2 aromatic rings. The zero-order valence-corrected chi connectivity index (χ0v) is 10.3. The zero-order chi connectivity index (χ0) is 13.5. The molecule has 1 aliphatic rings. The SMILES string of the molecule is NC(=O)C1(NC(=O)c2ccc3ccccc3c2)CC1. The molecule has 0 aliphatic heterocycles. The lowest BCUT2D eigenvalue weighted by Crippen LogP contribution is -2.46. The maximum Gasteiger partial charge on any atom is 0.252 e. The number of fused-ring (bicyclic) bond motifs is 1. The molecule has 0 saturated heterocycles. The lowest BCUT2D eigenvalue weighted by atomic mass is 10.1. The second-order valence-electron chi connectivity index (χ2n) is 4.96. The summed E-state index contributed by atoms with van der Waals surface area (Å²) < 4.78 is 0. The predicted molar refractivity (Wildman–Crippen MR) is 72.6 cm³/mol. The van der Waals surface area contributed by atoms with E-state index in [-0.39, 0.29) is 5.91 Å². The van der Waals surface area contributed by atoms with Crippen LogP contribution < -0.4 is 11.1 Å². The largest absolute Gasteiger partial charge is 0.368 e. The predicted octanol–water partition coefficient (Wildman–Crippen LogP) is 1.59. The fourth-order valence-electron chi connectivity index (χ4n) is 2.18. The van der Waals surface area contributed by atoms with E-state index in [4.69, 9.17) is 5.73 Å². The molecule has 0 spiro atoms. The molecule has 0 aromatic heterocycles. The van der Waals surface area contributed by atoms with Gasteiger partial charge in [-0.2, -0.15) is 0 Å². The van der Waals surface area contributed by atoms with Crippen molar-refractivity contribution < 1.29 is 9.59 Å². The number of primary amides is 1. The van der Waals surface area contributed by atoms with E-state index >= 15 is 0 Å². The maximum absolute atomic E-state index is 12.1. The number of carbonyl (C=O) groups excluding carboxylic acids is 2. The fraction of sp³-hybridized carbons (Fsp3) is 0.200. The van der Waals surface area contributed by atoms with E-state index in [1.165, 1.54) is 0 Å². The first kappa shape index (κ1) is 11.7. The highest BCUT2D eigenvalue weighted by Gasteiger charge is 2.49. The summed E-state index contributed by atoms with van der Waals surface area (Å²) in [6.07, 6.45) is 1.25. The van der Waals surface area contributed by atoms with Gasteiger partial charge in [0.1, 0.15) is 5.54 Å². The summed E-state index contributed by atoms with van der Waals surface area (Å²) in [5.74, 6) is -0.705. The molecule has 3 rings (SSSR count). The molecular formula is C15H14N2O2. The summed E-state index contributed by atoms with van der Waals surface area (Å²) >= 11 is 0. The van der Waals surface area contributed by atoms with Gasteiger partial charge in [-0.15, -0.1) is 0 Å². The first-order chi connectivity index (χ1) is 9.11. The van der Waals surface area contributed by atoms with E-state index < -0.39 is 11.4 Å². The van der Waals surface area contributed by atoms with E-state index in [9.17, 15) is 9.59 Å². The molecule has 1 fully saturated rings. The number of benzene rings is 2. The Morgan fingerprint density at radius 1 is 1.05 bits per heavy atom. The third kappa shape index (κ3) is 2.05. The minimum Gasteiger partial charge on any atom is -0.368 e. The number of hydrogen-bond donors (Lipinski definition) is 2. The van der Waals surface area contributed by atoms with Gasteiger partial charge in [0.25, 0.3) is 5.91 Å². The van der Waals surface area contributed by atoms with Crippen LogP contribution in [-0.4, -0.2) is 17.4 Å². The molecule has 1 saturated carbocycles. The lowest BCUT2D eigenvalue weighted by molar-refractivity contribution is -0.120. The summed E-state index contributed by atoms with van der Waals surface area (Å²) in [4.78, 5) is 23.4. The molecule has 19 heavy (non-hydrogen) atoms. The van der Waals surface area contributed by atoms with Gasteiger partial charge >= 0.3 is 0 Å². The second kappa shape index (κ2) is 4.09. The first-order valence-corrected chi connectivity index (χ1v) is 6.22. The molecule has 0 bridgehead atoms. The monoisotopic (exact) mass is 254 g/mol. The second-order valence-corrected chi connectivity index (χ2v) is 4.96. The lowest BCUT2D eigenvalue weighted by Gasteiger charge is -2.13. The molecule has 4 heteroatoms. The fourth-order valence-corrected chi connectivity index (χ4v) is 2.18. The normalized spacial score (nSPS) is 16.0. The molecule has 4 nitrogen and oxygen atoms in total. The number of carbonyl (C=O) groups is 2. The number of nitrogens with two attached hydrogens (primary N) is 1. The standard InChI is InChI=1S/C15H14N2O2/c16-14(19)15(7-8-15)17-13(18)12-6-5-10-3-1-2-4-11(10)9-12/h1-6,9H,7-8H2,(H2,16,19)(H,17,18). The van der Waals surface area contributed by atoms with Crippen LogP contribution in [0.1, 0.15) is 23.2 Å². The van der Waals surface area contributed by atoms with Gasteiger partial charge in [-0.05, 0) is 35.7 Å². The van der Waals surface area contributed by atoms with Crippen molar-refractivity contribution in [1.29, 1.82) is 0 Å². The van der Waals surface area contributed by atoms with Crippen LogP contribution in [0.5, 0.6) is 0 Å². The van der Waals surface area contributed by atoms with Crippen LogP contribution in [0.4, 0.5) is 0 Å². The third-order valence-corrected chi connectivity index (χ3v) is 3.59. The van der Waals surface area contributed by atoms with Crippen LogP contribution in [0.15, 0.2) is 42.5 Å². The summed E-state index contributed by atoms with van der Waals surface area (Å²) in [5.41, 5.74) is 5.03. The van der Waals surface area contributed by atoms with Gasteiger partial charge in [-0.1, -0.05) is 30.3 Å². The molecule has 96 valence electrons. The Hall–Kier alpha value is -2.36. The highest BCUT2D eigenvalue weighted by molar-refractivity contribution is 6.02. The quantitative estimate of drug-likeness (QED) is 0.873. The number of nitrogens with one attached hydrogen (secondary N) is 1. The summed E-state index contributed by atoms with van der Waals surface area (Å²) in [6.45, 7) is 0. The van der Waals surface area contributed by atoms with E-state index in [1.54, 1.807) is 6.07 Å². The minimum atomic E-state index is -0.817. The van der Waals surface area contributed by atoms with Crippen LogP contribution in [-0.2, 0) is 4.79 Å². The molecule has 0 radical (unpaired) electrons. The topological polar surface area (TPSA) is 72.2 Å². The van der Waals surface area contributed by atoms with Gasteiger partial charge in [-0.25, -0.2) is 0 Å². The smallest absolute Gasteiger partial charge is 0.252 e. The van der Waals surface area contributed by atoms with Crippen molar-refractivity contribution in [2.45, 2.75) is 18.4 Å². The summed E-state index contributed by atoms with van der Waals surface area (Å²) in [5, 5.41) is 4.81. The highest BCUT2D eigenvalue weighted by Crippen LogP contribution is 2.35. The Kier molecular flexibility index (Phi) is 2.52. The van der Waals surface area contributed by atoms with Crippen molar-refractivity contribution in [3.63, 3.8) is 0 Å². The molecular weight excluding hydrogens is 240 g/mol. The summed E-state index contributed by atoms with van der Waals surface area (Å²) in [7, 11) is 0. The van der Waals surface area contributed by atoms with E-state index in [1.807, 2.05) is 36.4 Å². The van der Waals surface area contributed by atoms with Crippen LogP contribution in [0.3, 0.4) is 0 Å². The molecule has 2 aromatic carbocycles. The molecule has 2 amide bonds. The van der Waals surface area contributed by atoms with Crippen molar-refractivity contribution in [2.75, 3.05) is 0 Å².